The van der Waals surface area contributed by atoms with E-state index in [0.717, 1.165) is 25.9 Å². The van der Waals surface area contributed by atoms with Crippen molar-refractivity contribution in [3.05, 3.63) is 0 Å². The maximum atomic E-state index is 11.5. The number of hydrogen-bond acceptors (Lipinski definition) is 4. The van der Waals surface area contributed by atoms with E-state index < -0.39 is 0 Å². The van der Waals surface area contributed by atoms with Crippen LogP contribution in [0.4, 0.5) is 0 Å². The molecule has 2 unspecified atom stereocenters. The van der Waals surface area contributed by atoms with E-state index in [4.69, 9.17) is 4.84 Å². The zero-order chi connectivity index (χ0) is 11.1. The van der Waals surface area contributed by atoms with Gasteiger partial charge in [0.1, 0.15) is 0 Å². The number of carbonyl (C=O) groups is 1. The molecule has 88 valence electrons. The third kappa shape index (κ3) is 4.59. The summed E-state index contributed by atoms with van der Waals surface area (Å²) in [6, 6.07) is -0.0872. The molecule has 0 aliphatic carbocycles. The molecule has 1 amide bonds. The van der Waals surface area contributed by atoms with E-state index in [0.29, 0.717) is 12.5 Å². The molecule has 0 bridgehead atoms. The molecule has 0 saturated carbocycles. The van der Waals surface area contributed by atoms with Gasteiger partial charge in [0, 0.05) is 6.54 Å². The van der Waals surface area contributed by atoms with Gasteiger partial charge in [0.2, 0.25) is 0 Å². The Morgan fingerprint density at radius 2 is 2.33 bits per heavy atom. The maximum absolute atomic E-state index is 11.5. The van der Waals surface area contributed by atoms with Gasteiger partial charge in [0.25, 0.3) is 5.91 Å². The lowest BCUT2D eigenvalue weighted by atomic mass is 9.96. The SMILES string of the molecule is CNCCONC(=O)C1CCC(C)CN1. The van der Waals surface area contributed by atoms with Gasteiger partial charge in [0.05, 0.1) is 12.6 Å². The van der Waals surface area contributed by atoms with Crippen LogP contribution in [0.15, 0.2) is 0 Å². The smallest absolute Gasteiger partial charge is 0.260 e. The number of likely N-dealkylation sites (N-methyl/N-ethyl adjacent to an activating group) is 1. The minimum atomic E-state index is -0.0872. The molecule has 0 radical (unpaired) electrons. The lowest BCUT2D eigenvalue weighted by molar-refractivity contribution is -0.136. The molecule has 1 heterocycles. The van der Waals surface area contributed by atoms with Gasteiger partial charge >= 0.3 is 0 Å². The monoisotopic (exact) mass is 215 g/mol. The second-order valence-electron chi connectivity index (χ2n) is 4.06. The zero-order valence-corrected chi connectivity index (χ0v) is 9.51. The van der Waals surface area contributed by atoms with Crippen LogP contribution in [0, 0.1) is 5.92 Å². The summed E-state index contributed by atoms with van der Waals surface area (Å²) in [5.74, 6) is 0.609. The zero-order valence-electron chi connectivity index (χ0n) is 9.51. The number of hydroxylamine groups is 1. The van der Waals surface area contributed by atoms with Crippen LogP contribution in [0.25, 0.3) is 0 Å². The van der Waals surface area contributed by atoms with E-state index in [1.807, 2.05) is 7.05 Å². The fourth-order valence-corrected chi connectivity index (χ4v) is 1.57. The van der Waals surface area contributed by atoms with E-state index in [1.165, 1.54) is 0 Å². The van der Waals surface area contributed by atoms with Crippen LogP contribution in [0.2, 0.25) is 0 Å². The molecule has 1 aliphatic heterocycles. The number of carbonyl (C=O) groups excluding carboxylic acids is 1. The normalized spacial score (nSPS) is 26.3. The van der Waals surface area contributed by atoms with Crippen molar-refractivity contribution >= 4 is 5.91 Å². The molecule has 5 heteroatoms. The third-order valence-corrected chi connectivity index (χ3v) is 2.60. The van der Waals surface area contributed by atoms with Crippen LogP contribution in [0.5, 0.6) is 0 Å². The number of amides is 1. The van der Waals surface area contributed by atoms with Crippen molar-refractivity contribution in [1.82, 2.24) is 16.1 Å². The van der Waals surface area contributed by atoms with Crippen LogP contribution in [0.1, 0.15) is 19.8 Å². The molecule has 0 aromatic carbocycles. The first kappa shape index (κ1) is 12.4. The molecular formula is C10H21N3O2. The van der Waals surface area contributed by atoms with Gasteiger partial charge in [-0.3, -0.25) is 9.63 Å². The predicted octanol–water partition coefficient (Wildman–Crippen LogP) is -0.358. The third-order valence-electron chi connectivity index (χ3n) is 2.60. The molecule has 2 atom stereocenters. The summed E-state index contributed by atoms with van der Waals surface area (Å²) in [6.45, 7) is 4.32. The van der Waals surface area contributed by atoms with E-state index in [9.17, 15) is 4.79 Å². The van der Waals surface area contributed by atoms with Crippen LogP contribution in [-0.4, -0.2) is 38.7 Å². The molecule has 3 N–H and O–H groups in total. The highest BCUT2D eigenvalue weighted by Gasteiger charge is 2.23. The van der Waals surface area contributed by atoms with Gasteiger partial charge in [-0.05, 0) is 32.4 Å². The van der Waals surface area contributed by atoms with Gasteiger partial charge in [0.15, 0.2) is 0 Å². The Balaban J connectivity index is 2.11. The van der Waals surface area contributed by atoms with Gasteiger partial charge in [-0.2, -0.15) is 0 Å². The van der Waals surface area contributed by atoms with Gasteiger partial charge in [-0.1, -0.05) is 6.92 Å². The van der Waals surface area contributed by atoms with Crippen molar-refractivity contribution in [3.63, 3.8) is 0 Å². The number of nitrogens with one attached hydrogen (secondary N) is 3. The van der Waals surface area contributed by atoms with Crippen LogP contribution in [0.3, 0.4) is 0 Å². The molecule has 1 saturated heterocycles. The summed E-state index contributed by atoms with van der Waals surface area (Å²) in [4.78, 5) is 16.6. The van der Waals surface area contributed by atoms with E-state index in [1.54, 1.807) is 0 Å². The average Bonchev–Trinajstić information content (AvgIpc) is 2.25. The first-order chi connectivity index (χ1) is 7.24. The molecule has 1 fully saturated rings. The Bertz CT molecular complexity index is 191. The van der Waals surface area contributed by atoms with E-state index in [-0.39, 0.29) is 11.9 Å². The largest absolute Gasteiger partial charge is 0.317 e. The predicted molar refractivity (Wildman–Crippen MR) is 58.2 cm³/mol. The van der Waals surface area contributed by atoms with E-state index in [2.05, 4.69) is 23.0 Å². The first-order valence-electron chi connectivity index (χ1n) is 5.53. The van der Waals surface area contributed by atoms with Crippen molar-refractivity contribution in [2.45, 2.75) is 25.8 Å². The maximum Gasteiger partial charge on any atom is 0.260 e. The Labute approximate surface area is 90.9 Å². The van der Waals surface area contributed by atoms with Crippen LogP contribution in [-0.2, 0) is 9.63 Å². The van der Waals surface area contributed by atoms with Gasteiger partial charge in [-0.15, -0.1) is 0 Å². The summed E-state index contributed by atoms with van der Waals surface area (Å²) < 4.78 is 0. The number of hydrogen-bond donors (Lipinski definition) is 3. The number of piperidine rings is 1. The minimum absolute atomic E-state index is 0.0574. The Morgan fingerprint density at radius 3 is 2.93 bits per heavy atom. The van der Waals surface area contributed by atoms with Crippen molar-refractivity contribution < 1.29 is 9.63 Å². The Hall–Kier alpha value is -0.650. The van der Waals surface area contributed by atoms with Crippen LogP contribution < -0.4 is 16.1 Å². The lowest BCUT2D eigenvalue weighted by Gasteiger charge is -2.26. The lowest BCUT2D eigenvalue weighted by Crippen LogP contribution is -2.48. The standard InChI is InChI=1S/C10H21N3O2/c1-8-3-4-9(12-7-8)10(14)13-15-6-5-11-2/h8-9,11-12H,3-7H2,1-2H3,(H,13,14). The summed E-state index contributed by atoms with van der Waals surface area (Å²) in [5.41, 5.74) is 2.46. The summed E-state index contributed by atoms with van der Waals surface area (Å²) in [6.07, 6.45) is 1.99. The molecule has 0 aromatic rings. The van der Waals surface area contributed by atoms with Crippen molar-refractivity contribution in [3.8, 4) is 0 Å². The highest BCUT2D eigenvalue weighted by molar-refractivity contribution is 5.80. The summed E-state index contributed by atoms with van der Waals surface area (Å²) >= 11 is 0. The van der Waals surface area contributed by atoms with Crippen molar-refractivity contribution in [2.24, 2.45) is 5.92 Å². The molecule has 1 rings (SSSR count). The summed E-state index contributed by atoms with van der Waals surface area (Å²) in [7, 11) is 1.84. The first-order valence-corrected chi connectivity index (χ1v) is 5.53. The molecule has 5 nitrogen and oxygen atoms in total. The van der Waals surface area contributed by atoms with Gasteiger partial charge in [-0.25, -0.2) is 5.48 Å². The quantitative estimate of drug-likeness (QED) is 0.433. The molecule has 0 aromatic heterocycles. The Kier molecular flexibility index (Phi) is 5.60. The molecule has 15 heavy (non-hydrogen) atoms. The van der Waals surface area contributed by atoms with Crippen LogP contribution >= 0.6 is 0 Å². The fraction of sp³-hybridized carbons (Fsp3) is 0.900. The highest BCUT2D eigenvalue weighted by atomic mass is 16.7. The topological polar surface area (TPSA) is 62.4 Å². The Morgan fingerprint density at radius 1 is 1.53 bits per heavy atom. The molecule has 0 spiro atoms. The second-order valence-corrected chi connectivity index (χ2v) is 4.06. The number of rotatable bonds is 5. The van der Waals surface area contributed by atoms with Gasteiger partial charge < -0.3 is 10.6 Å². The van der Waals surface area contributed by atoms with E-state index >= 15 is 0 Å². The van der Waals surface area contributed by atoms with Crippen molar-refractivity contribution in [1.29, 1.82) is 0 Å². The molecular weight excluding hydrogens is 194 g/mol. The molecule has 1 aliphatic rings. The highest BCUT2D eigenvalue weighted by Crippen LogP contribution is 2.13. The second kappa shape index (κ2) is 6.76. The van der Waals surface area contributed by atoms with Crippen molar-refractivity contribution in [2.75, 3.05) is 26.7 Å². The summed E-state index contributed by atoms with van der Waals surface area (Å²) in [5, 5.41) is 6.14. The fourth-order valence-electron chi connectivity index (χ4n) is 1.57. The average molecular weight is 215 g/mol. The minimum Gasteiger partial charge on any atom is -0.317 e.